The minimum atomic E-state index is -0.866. The number of aryl methyl sites for hydroxylation is 2. The van der Waals surface area contributed by atoms with Crippen molar-refractivity contribution in [3.8, 4) is 5.75 Å². The lowest BCUT2D eigenvalue weighted by Gasteiger charge is -2.37. The zero-order valence-corrected chi connectivity index (χ0v) is 16.1. The van der Waals surface area contributed by atoms with E-state index in [2.05, 4.69) is 22.1 Å². The molecule has 5 nitrogen and oxygen atoms in total. The Labute approximate surface area is 160 Å². The Hall–Kier alpha value is -2.43. The average molecular weight is 365 g/mol. The number of hydrogen-bond acceptors (Lipinski definition) is 4. The quantitative estimate of drug-likeness (QED) is 0.832. The molecule has 1 fully saturated rings. The smallest absolute Gasteiger partial charge is 0.266 e. The lowest BCUT2D eigenvalue weighted by Crippen LogP contribution is -2.51. The molecule has 0 spiro atoms. The normalized spacial score (nSPS) is 17.6. The van der Waals surface area contributed by atoms with Crippen LogP contribution in [0, 0.1) is 0 Å². The van der Waals surface area contributed by atoms with Crippen LogP contribution in [0.1, 0.15) is 55.8 Å². The van der Waals surface area contributed by atoms with E-state index in [4.69, 9.17) is 4.74 Å². The second-order valence-electron chi connectivity index (χ2n) is 8.10. The van der Waals surface area contributed by atoms with E-state index in [1.165, 1.54) is 17.5 Å². The number of benzene rings is 1. The molecule has 2 aliphatic rings. The predicted molar refractivity (Wildman–Crippen MR) is 104 cm³/mol. The zero-order chi connectivity index (χ0) is 18.9. The summed E-state index contributed by atoms with van der Waals surface area (Å²) in [7, 11) is 0. The molecule has 1 saturated heterocycles. The minimum absolute atomic E-state index is 0.0594. The first-order chi connectivity index (χ1) is 13.0. The van der Waals surface area contributed by atoms with Crippen molar-refractivity contribution in [1.29, 1.82) is 0 Å². The molecule has 4 rings (SSSR count). The second kappa shape index (κ2) is 7.29. The SMILES string of the molecule is CC(C)(Oc1ccc2c(c1)CCC2)C(=O)N1CCC(c2ccncn2)CC1. The molecule has 0 atom stereocenters. The largest absolute Gasteiger partial charge is 0.478 e. The number of carbonyl (C=O) groups is 1. The monoisotopic (exact) mass is 365 g/mol. The van der Waals surface area contributed by atoms with Crippen molar-refractivity contribution < 1.29 is 9.53 Å². The van der Waals surface area contributed by atoms with Gasteiger partial charge in [0.05, 0.1) is 0 Å². The molecule has 0 bridgehead atoms. The van der Waals surface area contributed by atoms with E-state index in [1.54, 1.807) is 12.5 Å². The Kier molecular flexibility index (Phi) is 4.85. The van der Waals surface area contributed by atoms with Gasteiger partial charge in [-0.25, -0.2) is 9.97 Å². The summed E-state index contributed by atoms with van der Waals surface area (Å²) in [6.07, 6.45) is 8.71. The molecule has 5 heteroatoms. The van der Waals surface area contributed by atoms with Gasteiger partial charge in [-0.05, 0) is 75.3 Å². The third-order valence-corrected chi connectivity index (χ3v) is 5.76. The molecule has 0 unspecified atom stereocenters. The Morgan fingerprint density at radius 3 is 2.67 bits per heavy atom. The van der Waals surface area contributed by atoms with Gasteiger partial charge in [-0.2, -0.15) is 0 Å². The minimum Gasteiger partial charge on any atom is -0.478 e. The summed E-state index contributed by atoms with van der Waals surface area (Å²) in [6, 6.07) is 8.23. The molecule has 27 heavy (non-hydrogen) atoms. The van der Waals surface area contributed by atoms with Crippen LogP contribution < -0.4 is 4.74 Å². The van der Waals surface area contributed by atoms with E-state index in [-0.39, 0.29) is 5.91 Å². The highest BCUT2D eigenvalue weighted by atomic mass is 16.5. The number of ether oxygens (including phenoxy) is 1. The van der Waals surface area contributed by atoms with E-state index in [1.807, 2.05) is 30.9 Å². The fourth-order valence-electron chi connectivity index (χ4n) is 4.25. The molecule has 2 aromatic rings. The summed E-state index contributed by atoms with van der Waals surface area (Å²) in [5.41, 5.74) is 2.99. The van der Waals surface area contributed by atoms with Crippen LogP contribution in [-0.4, -0.2) is 39.5 Å². The number of fused-ring (bicyclic) bond motifs is 1. The third kappa shape index (κ3) is 3.82. The molecular formula is C22H27N3O2. The van der Waals surface area contributed by atoms with Gasteiger partial charge in [0.25, 0.3) is 5.91 Å². The molecule has 1 aromatic heterocycles. The van der Waals surface area contributed by atoms with Crippen molar-refractivity contribution in [2.75, 3.05) is 13.1 Å². The maximum Gasteiger partial charge on any atom is 0.266 e. The number of piperidine rings is 1. The van der Waals surface area contributed by atoms with Crippen LogP contribution in [0.5, 0.6) is 5.75 Å². The van der Waals surface area contributed by atoms with Gasteiger partial charge in [0.1, 0.15) is 12.1 Å². The molecule has 1 amide bonds. The number of hydrogen-bond donors (Lipinski definition) is 0. The fourth-order valence-corrected chi connectivity index (χ4v) is 4.25. The number of amides is 1. The highest BCUT2D eigenvalue weighted by Crippen LogP contribution is 2.30. The Morgan fingerprint density at radius 2 is 1.93 bits per heavy atom. The summed E-state index contributed by atoms with van der Waals surface area (Å²) in [4.78, 5) is 23.4. The van der Waals surface area contributed by atoms with Crippen LogP contribution in [0.3, 0.4) is 0 Å². The van der Waals surface area contributed by atoms with Crippen molar-refractivity contribution in [2.45, 2.75) is 57.5 Å². The maximum atomic E-state index is 13.1. The summed E-state index contributed by atoms with van der Waals surface area (Å²) in [6.45, 7) is 5.23. The summed E-state index contributed by atoms with van der Waals surface area (Å²) in [5.74, 6) is 1.26. The molecular weight excluding hydrogens is 338 g/mol. The number of carbonyl (C=O) groups excluding carboxylic acids is 1. The Balaban J connectivity index is 1.38. The molecule has 142 valence electrons. The molecule has 1 aliphatic carbocycles. The van der Waals surface area contributed by atoms with Crippen LogP contribution in [0.15, 0.2) is 36.8 Å². The lowest BCUT2D eigenvalue weighted by molar-refractivity contribution is -0.146. The van der Waals surface area contributed by atoms with E-state index in [0.717, 1.165) is 50.2 Å². The standard InChI is InChI=1S/C22H27N3O2/c1-22(2,27-19-7-6-16-4-3-5-18(16)14-19)21(26)25-12-9-17(10-13-25)20-8-11-23-15-24-20/h6-8,11,14-15,17H,3-5,9-10,12-13H2,1-2H3. The molecule has 0 N–H and O–H groups in total. The van der Waals surface area contributed by atoms with Gasteiger partial charge < -0.3 is 9.64 Å². The van der Waals surface area contributed by atoms with Crippen LogP contribution in [-0.2, 0) is 17.6 Å². The zero-order valence-electron chi connectivity index (χ0n) is 16.1. The predicted octanol–water partition coefficient (Wildman–Crippen LogP) is 3.53. The van der Waals surface area contributed by atoms with Crippen molar-refractivity contribution in [1.82, 2.24) is 14.9 Å². The van der Waals surface area contributed by atoms with Crippen molar-refractivity contribution >= 4 is 5.91 Å². The Bertz CT molecular complexity index is 812. The van der Waals surface area contributed by atoms with Gasteiger partial charge in [0.2, 0.25) is 0 Å². The van der Waals surface area contributed by atoms with Gasteiger partial charge in [0.15, 0.2) is 5.60 Å². The maximum absolute atomic E-state index is 13.1. The molecule has 0 saturated carbocycles. The number of aromatic nitrogens is 2. The van der Waals surface area contributed by atoms with Crippen LogP contribution >= 0.6 is 0 Å². The summed E-state index contributed by atoms with van der Waals surface area (Å²) < 4.78 is 6.14. The first-order valence-electron chi connectivity index (χ1n) is 9.89. The van der Waals surface area contributed by atoms with Crippen LogP contribution in [0.2, 0.25) is 0 Å². The van der Waals surface area contributed by atoms with Crippen molar-refractivity contribution in [2.24, 2.45) is 0 Å². The highest BCUT2D eigenvalue weighted by molar-refractivity contribution is 5.85. The molecule has 1 aromatic carbocycles. The fraction of sp³-hybridized carbons (Fsp3) is 0.500. The van der Waals surface area contributed by atoms with Gasteiger partial charge in [-0.1, -0.05) is 6.07 Å². The highest BCUT2D eigenvalue weighted by Gasteiger charge is 2.36. The van der Waals surface area contributed by atoms with Gasteiger partial charge in [0, 0.05) is 30.9 Å². The van der Waals surface area contributed by atoms with Crippen molar-refractivity contribution in [3.05, 3.63) is 53.6 Å². The van der Waals surface area contributed by atoms with Gasteiger partial charge >= 0.3 is 0 Å². The lowest BCUT2D eigenvalue weighted by atomic mass is 9.92. The van der Waals surface area contributed by atoms with E-state index >= 15 is 0 Å². The van der Waals surface area contributed by atoms with Crippen LogP contribution in [0.25, 0.3) is 0 Å². The van der Waals surface area contributed by atoms with E-state index in [0.29, 0.717) is 5.92 Å². The number of likely N-dealkylation sites (tertiary alicyclic amines) is 1. The number of rotatable bonds is 4. The van der Waals surface area contributed by atoms with E-state index in [9.17, 15) is 4.79 Å². The first-order valence-corrected chi connectivity index (χ1v) is 9.89. The third-order valence-electron chi connectivity index (χ3n) is 5.76. The number of nitrogens with zero attached hydrogens (tertiary/aromatic N) is 3. The summed E-state index contributed by atoms with van der Waals surface area (Å²) >= 11 is 0. The van der Waals surface area contributed by atoms with Gasteiger partial charge in [-0.15, -0.1) is 0 Å². The Morgan fingerprint density at radius 1 is 1.15 bits per heavy atom. The average Bonchev–Trinajstić information content (AvgIpc) is 3.16. The molecule has 0 radical (unpaired) electrons. The van der Waals surface area contributed by atoms with Gasteiger partial charge in [-0.3, -0.25) is 4.79 Å². The second-order valence-corrected chi connectivity index (χ2v) is 8.10. The topological polar surface area (TPSA) is 55.3 Å². The summed E-state index contributed by atoms with van der Waals surface area (Å²) in [5, 5.41) is 0. The molecule has 2 heterocycles. The van der Waals surface area contributed by atoms with Crippen molar-refractivity contribution in [3.63, 3.8) is 0 Å². The van der Waals surface area contributed by atoms with Crippen LogP contribution in [0.4, 0.5) is 0 Å². The molecule has 1 aliphatic heterocycles. The first kappa shape index (κ1) is 18.0. The van der Waals surface area contributed by atoms with E-state index < -0.39 is 5.60 Å².